The highest BCUT2D eigenvalue weighted by atomic mass is 79.9. The molecule has 0 radical (unpaired) electrons. The lowest BCUT2D eigenvalue weighted by molar-refractivity contribution is 0.551. The van der Waals surface area contributed by atoms with Crippen molar-refractivity contribution >= 4 is 21.6 Å². The maximum atomic E-state index is 3.47. The summed E-state index contributed by atoms with van der Waals surface area (Å²) >= 11 is 3.47. The second kappa shape index (κ2) is 3.68. The maximum absolute atomic E-state index is 3.47. The van der Waals surface area contributed by atoms with Crippen LogP contribution in [0.5, 0.6) is 0 Å². The van der Waals surface area contributed by atoms with Crippen LogP contribution in [0.25, 0.3) is 0 Å². The number of nitrogens with one attached hydrogen (secondary N) is 2. The summed E-state index contributed by atoms with van der Waals surface area (Å²) in [4.78, 5) is 0. The van der Waals surface area contributed by atoms with Crippen molar-refractivity contribution in [2.24, 2.45) is 0 Å². The molecule has 2 rings (SSSR count). The zero-order chi connectivity index (χ0) is 9.26. The SMILES string of the molecule is CNC1CCNc2cc(Br)ccc21. The number of benzene rings is 1. The van der Waals surface area contributed by atoms with Gasteiger partial charge < -0.3 is 10.6 Å². The van der Waals surface area contributed by atoms with Gasteiger partial charge in [0.15, 0.2) is 0 Å². The van der Waals surface area contributed by atoms with E-state index in [1.165, 1.54) is 11.3 Å². The van der Waals surface area contributed by atoms with Gasteiger partial charge in [-0.05, 0) is 31.2 Å². The van der Waals surface area contributed by atoms with E-state index in [1.807, 2.05) is 7.05 Å². The molecular weight excluding hydrogens is 228 g/mol. The predicted octanol–water partition coefficient (Wildman–Crippen LogP) is 2.53. The van der Waals surface area contributed by atoms with Crippen molar-refractivity contribution in [1.29, 1.82) is 0 Å². The number of fused-ring (bicyclic) bond motifs is 1. The summed E-state index contributed by atoms with van der Waals surface area (Å²) in [6.45, 7) is 1.05. The van der Waals surface area contributed by atoms with Gasteiger partial charge in [-0.15, -0.1) is 0 Å². The van der Waals surface area contributed by atoms with Gasteiger partial charge in [0.05, 0.1) is 0 Å². The summed E-state index contributed by atoms with van der Waals surface area (Å²) in [5.41, 5.74) is 2.62. The van der Waals surface area contributed by atoms with Crippen LogP contribution in [0.1, 0.15) is 18.0 Å². The fraction of sp³-hybridized carbons (Fsp3) is 0.400. The Bertz CT molecular complexity index is 312. The van der Waals surface area contributed by atoms with Crippen LogP contribution in [-0.2, 0) is 0 Å². The molecule has 0 bridgehead atoms. The second-order valence-electron chi connectivity index (χ2n) is 3.29. The quantitative estimate of drug-likeness (QED) is 0.789. The van der Waals surface area contributed by atoms with Crippen LogP contribution >= 0.6 is 15.9 Å². The van der Waals surface area contributed by atoms with Gasteiger partial charge in [-0.3, -0.25) is 0 Å². The summed E-state index contributed by atoms with van der Waals surface area (Å²) in [5, 5.41) is 6.72. The molecule has 0 spiro atoms. The number of halogens is 1. The molecule has 2 N–H and O–H groups in total. The molecule has 1 unspecified atom stereocenters. The molecule has 0 saturated carbocycles. The topological polar surface area (TPSA) is 24.1 Å². The Morgan fingerprint density at radius 2 is 2.38 bits per heavy atom. The highest BCUT2D eigenvalue weighted by molar-refractivity contribution is 9.10. The van der Waals surface area contributed by atoms with E-state index in [4.69, 9.17) is 0 Å². The summed E-state index contributed by atoms with van der Waals surface area (Å²) in [7, 11) is 2.02. The molecule has 1 aromatic rings. The third kappa shape index (κ3) is 1.71. The average molecular weight is 241 g/mol. The number of anilines is 1. The van der Waals surface area contributed by atoms with Gasteiger partial charge in [0, 0.05) is 22.7 Å². The standard InChI is InChI=1S/C10H13BrN2/c1-12-9-4-5-13-10-6-7(11)2-3-8(9)10/h2-3,6,9,12-13H,4-5H2,1H3. The zero-order valence-electron chi connectivity index (χ0n) is 7.60. The molecule has 0 aromatic heterocycles. The van der Waals surface area contributed by atoms with Crippen LogP contribution in [-0.4, -0.2) is 13.6 Å². The molecule has 13 heavy (non-hydrogen) atoms. The Kier molecular flexibility index (Phi) is 2.56. The first-order valence-corrected chi connectivity index (χ1v) is 5.31. The normalized spacial score (nSPS) is 20.6. The van der Waals surface area contributed by atoms with Gasteiger partial charge in [-0.25, -0.2) is 0 Å². The first-order valence-electron chi connectivity index (χ1n) is 4.52. The van der Waals surface area contributed by atoms with Crippen molar-refractivity contribution in [2.75, 3.05) is 18.9 Å². The molecule has 0 amide bonds. The molecule has 1 aliphatic rings. The third-order valence-corrected chi connectivity index (χ3v) is 2.98. The Balaban J connectivity index is 2.40. The van der Waals surface area contributed by atoms with Crippen LogP contribution in [0.3, 0.4) is 0 Å². The minimum Gasteiger partial charge on any atom is -0.385 e. The highest BCUT2D eigenvalue weighted by Crippen LogP contribution is 2.31. The van der Waals surface area contributed by atoms with E-state index in [2.05, 4.69) is 44.8 Å². The van der Waals surface area contributed by atoms with Gasteiger partial charge in [-0.1, -0.05) is 22.0 Å². The van der Waals surface area contributed by atoms with E-state index in [0.717, 1.165) is 17.4 Å². The van der Waals surface area contributed by atoms with E-state index in [1.54, 1.807) is 0 Å². The Morgan fingerprint density at radius 3 is 3.15 bits per heavy atom. The molecule has 1 heterocycles. The van der Waals surface area contributed by atoms with Crippen LogP contribution in [0, 0.1) is 0 Å². The third-order valence-electron chi connectivity index (χ3n) is 2.49. The van der Waals surface area contributed by atoms with Crippen LogP contribution < -0.4 is 10.6 Å². The monoisotopic (exact) mass is 240 g/mol. The van der Waals surface area contributed by atoms with E-state index < -0.39 is 0 Å². The fourth-order valence-electron chi connectivity index (χ4n) is 1.79. The summed E-state index contributed by atoms with van der Waals surface area (Å²) in [6, 6.07) is 6.91. The molecule has 0 fully saturated rings. The summed E-state index contributed by atoms with van der Waals surface area (Å²) in [5.74, 6) is 0. The second-order valence-corrected chi connectivity index (χ2v) is 4.20. The lowest BCUT2D eigenvalue weighted by Gasteiger charge is -2.26. The van der Waals surface area contributed by atoms with Gasteiger partial charge in [0.25, 0.3) is 0 Å². The molecule has 0 saturated heterocycles. The van der Waals surface area contributed by atoms with Gasteiger partial charge in [0.2, 0.25) is 0 Å². The predicted molar refractivity (Wildman–Crippen MR) is 59.0 cm³/mol. The van der Waals surface area contributed by atoms with E-state index in [0.29, 0.717) is 6.04 Å². The van der Waals surface area contributed by atoms with Crippen LogP contribution in [0.2, 0.25) is 0 Å². The van der Waals surface area contributed by atoms with E-state index >= 15 is 0 Å². The van der Waals surface area contributed by atoms with Gasteiger partial charge in [-0.2, -0.15) is 0 Å². The van der Waals surface area contributed by atoms with Crippen molar-refractivity contribution in [3.8, 4) is 0 Å². The zero-order valence-corrected chi connectivity index (χ0v) is 9.19. The molecular formula is C10H13BrN2. The molecule has 70 valence electrons. The average Bonchev–Trinajstić information content (AvgIpc) is 2.16. The van der Waals surface area contributed by atoms with Crippen molar-refractivity contribution in [2.45, 2.75) is 12.5 Å². The minimum atomic E-state index is 0.504. The Morgan fingerprint density at radius 1 is 1.54 bits per heavy atom. The minimum absolute atomic E-state index is 0.504. The van der Waals surface area contributed by atoms with Crippen molar-refractivity contribution < 1.29 is 0 Å². The maximum Gasteiger partial charge on any atom is 0.0400 e. The Labute approximate surface area is 86.9 Å². The summed E-state index contributed by atoms with van der Waals surface area (Å²) in [6.07, 6.45) is 1.16. The molecule has 1 aliphatic heterocycles. The molecule has 2 nitrogen and oxygen atoms in total. The van der Waals surface area contributed by atoms with Gasteiger partial charge >= 0.3 is 0 Å². The largest absolute Gasteiger partial charge is 0.385 e. The molecule has 1 atom stereocenters. The van der Waals surface area contributed by atoms with Crippen LogP contribution in [0.15, 0.2) is 22.7 Å². The van der Waals surface area contributed by atoms with Crippen molar-refractivity contribution in [1.82, 2.24) is 5.32 Å². The fourth-order valence-corrected chi connectivity index (χ4v) is 2.15. The highest BCUT2D eigenvalue weighted by Gasteiger charge is 2.17. The molecule has 0 aliphatic carbocycles. The molecule has 3 heteroatoms. The lowest BCUT2D eigenvalue weighted by Crippen LogP contribution is -2.25. The first-order chi connectivity index (χ1) is 6.31. The lowest BCUT2D eigenvalue weighted by atomic mass is 9.98. The Hall–Kier alpha value is -0.540. The van der Waals surface area contributed by atoms with E-state index in [9.17, 15) is 0 Å². The van der Waals surface area contributed by atoms with E-state index in [-0.39, 0.29) is 0 Å². The molecule has 1 aromatic carbocycles. The smallest absolute Gasteiger partial charge is 0.0400 e. The summed E-state index contributed by atoms with van der Waals surface area (Å²) < 4.78 is 1.13. The van der Waals surface area contributed by atoms with Crippen molar-refractivity contribution in [3.05, 3.63) is 28.2 Å². The first kappa shape index (κ1) is 9.03. The number of hydrogen-bond donors (Lipinski definition) is 2. The number of rotatable bonds is 1. The van der Waals surface area contributed by atoms with Crippen molar-refractivity contribution in [3.63, 3.8) is 0 Å². The number of hydrogen-bond acceptors (Lipinski definition) is 2. The van der Waals surface area contributed by atoms with Crippen LogP contribution in [0.4, 0.5) is 5.69 Å². The van der Waals surface area contributed by atoms with Gasteiger partial charge in [0.1, 0.15) is 0 Å².